The molecule has 0 N–H and O–H groups in total. The van der Waals surface area contributed by atoms with E-state index in [-0.39, 0.29) is 0 Å². The smallest absolute Gasteiger partial charge is 0.128 e. The Kier molecular flexibility index (Phi) is 7.58. The highest BCUT2D eigenvalue weighted by atomic mass is 79.9. The number of fused-ring (bicyclic) bond motifs is 1. The van der Waals surface area contributed by atoms with Crippen molar-refractivity contribution < 1.29 is 4.74 Å². The van der Waals surface area contributed by atoms with E-state index in [0.717, 1.165) is 35.0 Å². The zero-order valence-corrected chi connectivity index (χ0v) is 14.1. The minimum absolute atomic E-state index is 0.801. The van der Waals surface area contributed by atoms with E-state index in [2.05, 4.69) is 27.0 Å². The summed E-state index contributed by atoms with van der Waals surface area (Å²) in [6.07, 6.45) is 10.9. The van der Waals surface area contributed by atoms with E-state index in [1.165, 1.54) is 38.5 Å². The van der Waals surface area contributed by atoms with Gasteiger partial charge in [-0.05, 0) is 37.1 Å². The monoisotopic (exact) mass is 349 g/mol. The largest absolute Gasteiger partial charge is 0.493 e. The SMILES string of the molecule is BrCCCCCCCCCOc1cccc2ncccc12. The normalized spacial score (nSPS) is 10.9. The second kappa shape index (κ2) is 9.78. The topological polar surface area (TPSA) is 22.1 Å². The fourth-order valence-corrected chi connectivity index (χ4v) is 2.86. The molecule has 0 radical (unpaired) electrons. The zero-order valence-electron chi connectivity index (χ0n) is 12.6. The first-order chi connectivity index (χ1) is 10.4. The number of benzene rings is 1. The van der Waals surface area contributed by atoms with Gasteiger partial charge in [-0.15, -0.1) is 0 Å². The van der Waals surface area contributed by atoms with Gasteiger partial charge < -0.3 is 4.74 Å². The highest BCUT2D eigenvalue weighted by Gasteiger charge is 2.01. The standard InChI is InChI=1S/C18H24BrNO/c19-13-6-4-2-1-3-5-7-15-21-18-12-8-11-17-16(18)10-9-14-20-17/h8-12,14H,1-7,13,15H2. The third-order valence-corrected chi connectivity index (χ3v) is 4.20. The first-order valence-corrected chi connectivity index (χ1v) is 9.06. The van der Waals surface area contributed by atoms with Crippen molar-refractivity contribution in [2.24, 2.45) is 0 Å². The van der Waals surface area contributed by atoms with Crippen molar-refractivity contribution in [1.82, 2.24) is 4.98 Å². The lowest BCUT2D eigenvalue weighted by molar-refractivity contribution is 0.307. The number of unbranched alkanes of at least 4 members (excludes halogenated alkanes) is 6. The molecular weight excluding hydrogens is 326 g/mol. The van der Waals surface area contributed by atoms with Crippen LogP contribution in [0.4, 0.5) is 0 Å². The molecule has 0 aliphatic heterocycles. The van der Waals surface area contributed by atoms with Gasteiger partial charge in [0.25, 0.3) is 0 Å². The number of nitrogens with zero attached hydrogens (tertiary/aromatic N) is 1. The minimum atomic E-state index is 0.801. The molecule has 2 rings (SSSR count). The van der Waals surface area contributed by atoms with Crippen LogP contribution >= 0.6 is 15.9 Å². The van der Waals surface area contributed by atoms with Gasteiger partial charge >= 0.3 is 0 Å². The van der Waals surface area contributed by atoms with E-state index in [0.29, 0.717) is 0 Å². The third-order valence-electron chi connectivity index (χ3n) is 3.64. The molecule has 114 valence electrons. The molecule has 0 aliphatic rings. The van der Waals surface area contributed by atoms with Crippen molar-refractivity contribution in [3.8, 4) is 5.75 Å². The number of ether oxygens (including phenoxy) is 1. The highest BCUT2D eigenvalue weighted by Crippen LogP contribution is 2.23. The van der Waals surface area contributed by atoms with Crippen LogP contribution in [0.2, 0.25) is 0 Å². The van der Waals surface area contributed by atoms with Gasteiger partial charge in [0.2, 0.25) is 0 Å². The van der Waals surface area contributed by atoms with Gasteiger partial charge in [-0.3, -0.25) is 4.98 Å². The van der Waals surface area contributed by atoms with Gasteiger partial charge in [-0.1, -0.05) is 54.1 Å². The summed E-state index contributed by atoms with van der Waals surface area (Å²) in [5.41, 5.74) is 1.00. The average molecular weight is 350 g/mol. The van der Waals surface area contributed by atoms with Crippen LogP contribution in [0.25, 0.3) is 10.9 Å². The molecule has 0 bridgehead atoms. The molecule has 0 unspecified atom stereocenters. The van der Waals surface area contributed by atoms with E-state index < -0.39 is 0 Å². The Morgan fingerprint density at radius 3 is 2.43 bits per heavy atom. The molecule has 0 aliphatic carbocycles. The molecule has 0 fully saturated rings. The summed E-state index contributed by atoms with van der Waals surface area (Å²) in [6.45, 7) is 0.801. The van der Waals surface area contributed by atoms with Crippen LogP contribution in [0.1, 0.15) is 44.9 Å². The first kappa shape index (κ1) is 16.3. The Hall–Kier alpha value is -1.09. The molecule has 0 spiro atoms. The zero-order chi connectivity index (χ0) is 14.8. The van der Waals surface area contributed by atoms with Crippen molar-refractivity contribution in [3.05, 3.63) is 36.5 Å². The van der Waals surface area contributed by atoms with Crippen LogP contribution < -0.4 is 4.74 Å². The predicted octanol–water partition coefficient (Wildman–Crippen LogP) is 5.74. The number of aromatic nitrogens is 1. The molecule has 1 heterocycles. The van der Waals surface area contributed by atoms with Gasteiger partial charge in [0.05, 0.1) is 12.1 Å². The second-order valence-corrected chi connectivity index (χ2v) is 6.13. The quantitative estimate of drug-likeness (QED) is 0.403. The third kappa shape index (κ3) is 5.66. The summed E-state index contributed by atoms with van der Waals surface area (Å²) in [6, 6.07) is 10.1. The molecule has 1 aromatic heterocycles. The summed E-state index contributed by atoms with van der Waals surface area (Å²) in [5.74, 6) is 0.956. The van der Waals surface area contributed by atoms with Crippen LogP contribution in [0, 0.1) is 0 Å². The Labute approximate surface area is 136 Å². The molecule has 1 aromatic carbocycles. The Bertz CT molecular complexity index is 524. The van der Waals surface area contributed by atoms with Crippen molar-refractivity contribution in [2.45, 2.75) is 44.9 Å². The molecule has 0 atom stereocenters. The molecule has 2 nitrogen and oxygen atoms in total. The van der Waals surface area contributed by atoms with Crippen molar-refractivity contribution in [3.63, 3.8) is 0 Å². The van der Waals surface area contributed by atoms with Gasteiger partial charge in [0, 0.05) is 16.9 Å². The Morgan fingerprint density at radius 2 is 1.62 bits per heavy atom. The summed E-state index contributed by atoms with van der Waals surface area (Å²) in [7, 11) is 0. The van der Waals surface area contributed by atoms with E-state index in [1.54, 1.807) is 0 Å². The van der Waals surface area contributed by atoms with Crippen LogP contribution in [0.5, 0.6) is 5.75 Å². The lowest BCUT2D eigenvalue weighted by Crippen LogP contribution is -1.98. The molecule has 0 amide bonds. The number of hydrogen-bond acceptors (Lipinski definition) is 2. The van der Waals surface area contributed by atoms with E-state index in [4.69, 9.17) is 4.74 Å². The summed E-state index contributed by atoms with van der Waals surface area (Å²) >= 11 is 3.47. The Morgan fingerprint density at radius 1 is 0.857 bits per heavy atom. The van der Waals surface area contributed by atoms with E-state index in [1.807, 2.05) is 30.5 Å². The fraction of sp³-hybridized carbons (Fsp3) is 0.500. The predicted molar refractivity (Wildman–Crippen MR) is 93.4 cm³/mol. The van der Waals surface area contributed by atoms with Gasteiger partial charge in [-0.2, -0.15) is 0 Å². The maximum atomic E-state index is 5.92. The van der Waals surface area contributed by atoms with Crippen molar-refractivity contribution in [2.75, 3.05) is 11.9 Å². The summed E-state index contributed by atoms with van der Waals surface area (Å²) in [5, 5.41) is 2.25. The minimum Gasteiger partial charge on any atom is -0.493 e. The molecule has 3 heteroatoms. The number of hydrogen-bond donors (Lipinski definition) is 0. The first-order valence-electron chi connectivity index (χ1n) is 7.94. The average Bonchev–Trinajstić information content (AvgIpc) is 2.53. The highest BCUT2D eigenvalue weighted by molar-refractivity contribution is 9.09. The van der Waals surface area contributed by atoms with Crippen LogP contribution in [-0.4, -0.2) is 16.9 Å². The van der Waals surface area contributed by atoms with Crippen LogP contribution in [-0.2, 0) is 0 Å². The lowest BCUT2D eigenvalue weighted by atomic mass is 10.1. The number of rotatable bonds is 10. The number of alkyl halides is 1. The van der Waals surface area contributed by atoms with Gasteiger partial charge in [0.15, 0.2) is 0 Å². The van der Waals surface area contributed by atoms with E-state index in [9.17, 15) is 0 Å². The van der Waals surface area contributed by atoms with E-state index >= 15 is 0 Å². The van der Waals surface area contributed by atoms with Crippen molar-refractivity contribution in [1.29, 1.82) is 0 Å². The Balaban J connectivity index is 1.64. The fourth-order valence-electron chi connectivity index (χ4n) is 2.46. The number of pyridine rings is 1. The molecule has 0 saturated carbocycles. The second-order valence-electron chi connectivity index (χ2n) is 5.34. The summed E-state index contributed by atoms with van der Waals surface area (Å²) < 4.78 is 5.92. The van der Waals surface area contributed by atoms with Crippen LogP contribution in [0.3, 0.4) is 0 Å². The number of halogens is 1. The maximum Gasteiger partial charge on any atom is 0.128 e. The molecule has 2 aromatic rings. The summed E-state index contributed by atoms with van der Waals surface area (Å²) in [4.78, 5) is 4.35. The van der Waals surface area contributed by atoms with Gasteiger partial charge in [0.1, 0.15) is 5.75 Å². The molecule has 21 heavy (non-hydrogen) atoms. The van der Waals surface area contributed by atoms with Gasteiger partial charge in [-0.25, -0.2) is 0 Å². The van der Waals surface area contributed by atoms with Crippen LogP contribution in [0.15, 0.2) is 36.5 Å². The molecule has 0 saturated heterocycles. The molecular formula is C18H24BrNO. The lowest BCUT2D eigenvalue weighted by Gasteiger charge is -2.08. The van der Waals surface area contributed by atoms with Crippen molar-refractivity contribution >= 4 is 26.8 Å². The maximum absolute atomic E-state index is 5.92.